The third-order valence-corrected chi connectivity index (χ3v) is 3.03. The first-order valence-corrected chi connectivity index (χ1v) is 5.49. The smallest absolute Gasteiger partial charge is 0.224 e. The number of nitrogen functional groups attached to an aromatic ring is 1. The van der Waals surface area contributed by atoms with Gasteiger partial charge in [0.1, 0.15) is 0 Å². The van der Waals surface area contributed by atoms with E-state index in [1.165, 1.54) is 5.56 Å². The van der Waals surface area contributed by atoms with Crippen molar-refractivity contribution < 1.29 is 0 Å². The maximum absolute atomic E-state index is 5.88. The molecule has 0 amide bonds. The Labute approximate surface area is 101 Å². The highest BCUT2D eigenvalue weighted by molar-refractivity contribution is 5.68. The van der Waals surface area contributed by atoms with Crippen molar-refractivity contribution in [1.29, 1.82) is 0 Å². The Balaban J connectivity index is 2.64. The molecule has 3 N–H and O–H groups in total. The van der Waals surface area contributed by atoms with E-state index < -0.39 is 0 Å². The molecule has 0 radical (unpaired) electrons. The van der Waals surface area contributed by atoms with E-state index in [-0.39, 0.29) is 0 Å². The standard InChI is InChI=1S/C12H17N5/c1-7-5-9(13)6-10(8(7)2)11-15-16-12(14-3)17(11)4/h5-6H,13H2,1-4H3,(H,14,16). The van der Waals surface area contributed by atoms with Gasteiger partial charge in [0.05, 0.1) is 0 Å². The number of nitrogens with two attached hydrogens (primary N) is 1. The van der Waals surface area contributed by atoms with Gasteiger partial charge in [-0.3, -0.25) is 4.57 Å². The van der Waals surface area contributed by atoms with Gasteiger partial charge in [-0.1, -0.05) is 0 Å². The molecule has 2 aromatic rings. The Morgan fingerprint density at radius 1 is 1.24 bits per heavy atom. The van der Waals surface area contributed by atoms with Gasteiger partial charge in [0, 0.05) is 25.3 Å². The van der Waals surface area contributed by atoms with Crippen molar-refractivity contribution in [3.63, 3.8) is 0 Å². The SMILES string of the molecule is CNc1nnc(-c2cc(N)cc(C)c2C)n1C. The van der Waals surface area contributed by atoms with Gasteiger partial charge < -0.3 is 11.1 Å². The van der Waals surface area contributed by atoms with Crippen molar-refractivity contribution >= 4 is 11.6 Å². The Bertz CT molecular complexity index is 556. The van der Waals surface area contributed by atoms with Crippen LogP contribution in [0.3, 0.4) is 0 Å². The Hall–Kier alpha value is -2.04. The van der Waals surface area contributed by atoms with Crippen LogP contribution in [-0.2, 0) is 7.05 Å². The number of aryl methyl sites for hydroxylation is 1. The van der Waals surface area contributed by atoms with Crippen LogP contribution in [0.4, 0.5) is 11.6 Å². The summed E-state index contributed by atoms with van der Waals surface area (Å²) >= 11 is 0. The lowest BCUT2D eigenvalue weighted by atomic mass is 10.0. The molecular formula is C12H17N5. The first kappa shape index (κ1) is 11.4. The summed E-state index contributed by atoms with van der Waals surface area (Å²) in [7, 11) is 3.75. The maximum atomic E-state index is 5.88. The topological polar surface area (TPSA) is 68.8 Å². The van der Waals surface area contributed by atoms with Gasteiger partial charge in [0.15, 0.2) is 5.82 Å². The highest BCUT2D eigenvalue weighted by Crippen LogP contribution is 2.27. The second kappa shape index (κ2) is 4.08. The molecule has 0 aliphatic carbocycles. The molecule has 1 aromatic carbocycles. The van der Waals surface area contributed by atoms with Crippen molar-refractivity contribution in [1.82, 2.24) is 14.8 Å². The second-order valence-corrected chi connectivity index (χ2v) is 4.17. The molecule has 0 spiro atoms. The average molecular weight is 231 g/mol. The van der Waals surface area contributed by atoms with Crippen molar-refractivity contribution in [3.05, 3.63) is 23.3 Å². The van der Waals surface area contributed by atoms with Gasteiger partial charge in [-0.15, -0.1) is 10.2 Å². The minimum absolute atomic E-state index is 0.736. The summed E-state index contributed by atoms with van der Waals surface area (Å²) in [4.78, 5) is 0. The highest BCUT2D eigenvalue weighted by Gasteiger charge is 2.13. The highest BCUT2D eigenvalue weighted by atomic mass is 15.3. The van der Waals surface area contributed by atoms with E-state index in [4.69, 9.17) is 5.73 Å². The lowest BCUT2D eigenvalue weighted by Crippen LogP contribution is -2.01. The zero-order valence-electron chi connectivity index (χ0n) is 10.6. The largest absolute Gasteiger partial charge is 0.399 e. The number of nitrogens with zero attached hydrogens (tertiary/aromatic N) is 3. The van der Waals surface area contributed by atoms with E-state index in [9.17, 15) is 0 Å². The summed E-state index contributed by atoms with van der Waals surface area (Å²) in [6.07, 6.45) is 0. The third kappa shape index (κ3) is 1.84. The molecule has 0 unspecified atom stereocenters. The predicted octanol–water partition coefficient (Wildman–Crippen LogP) is 1.72. The average Bonchev–Trinajstić information content (AvgIpc) is 2.65. The van der Waals surface area contributed by atoms with Crippen LogP contribution in [0.1, 0.15) is 11.1 Å². The van der Waals surface area contributed by atoms with Crippen LogP contribution in [0.2, 0.25) is 0 Å². The van der Waals surface area contributed by atoms with Crippen LogP contribution < -0.4 is 11.1 Å². The number of hydrogen-bond donors (Lipinski definition) is 2. The Morgan fingerprint density at radius 2 is 1.94 bits per heavy atom. The lowest BCUT2D eigenvalue weighted by molar-refractivity contribution is 0.923. The first-order chi connectivity index (χ1) is 8.04. The van der Waals surface area contributed by atoms with E-state index in [1.807, 2.05) is 37.7 Å². The fraction of sp³-hybridized carbons (Fsp3) is 0.333. The van der Waals surface area contributed by atoms with Crippen LogP contribution in [0, 0.1) is 13.8 Å². The van der Waals surface area contributed by atoms with E-state index in [1.54, 1.807) is 0 Å². The second-order valence-electron chi connectivity index (χ2n) is 4.17. The van der Waals surface area contributed by atoms with Gasteiger partial charge in [0.2, 0.25) is 5.95 Å². The van der Waals surface area contributed by atoms with Crippen LogP contribution in [0.5, 0.6) is 0 Å². The van der Waals surface area contributed by atoms with Gasteiger partial charge in [-0.05, 0) is 37.1 Å². The van der Waals surface area contributed by atoms with Crippen LogP contribution in [0.15, 0.2) is 12.1 Å². The molecule has 0 bridgehead atoms. The number of hydrogen-bond acceptors (Lipinski definition) is 4. The fourth-order valence-electron chi connectivity index (χ4n) is 1.90. The van der Waals surface area contributed by atoms with Gasteiger partial charge >= 0.3 is 0 Å². The quantitative estimate of drug-likeness (QED) is 0.772. The molecule has 2 rings (SSSR count). The van der Waals surface area contributed by atoms with Crippen LogP contribution in [-0.4, -0.2) is 21.8 Å². The number of nitrogens with one attached hydrogen (secondary N) is 1. The number of rotatable bonds is 2. The fourth-order valence-corrected chi connectivity index (χ4v) is 1.90. The first-order valence-electron chi connectivity index (χ1n) is 5.49. The molecule has 0 atom stereocenters. The summed E-state index contributed by atoms with van der Waals surface area (Å²) in [6, 6.07) is 3.90. The molecule has 0 fully saturated rings. The molecular weight excluding hydrogens is 214 g/mol. The molecule has 0 aliphatic heterocycles. The monoisotopic (exact) mass is 231 g/mol. The molecule has 1 heterocycles. The van der Waals surface area contributed by atoms with Crippen molar-refractivity contribution in [2.45, 2.75) is 13.8 Å². The normalized spacial score (nSPS) is 10.6. The van der Waals surface area contributed by atoms with Crippen LogP contribution >= 0.6 is 0 Å². The zero-order valence-corrected chi connectivity index (χ0v) is 10.6. The summed E-state index contributed by atoms with van der Waals surface area (Å²) < 4.78 is 1.92. The van der Waals surface area contributed by atoms with E-state index >= 15 is 0 Å². The van der Waals surface area contributed by atoms with Gasteiger partial charge in [0.25, 0.3) is 0 Å². The minimum atomic E-state index is 0.736. The van der Waals surface area contributed by atoms with Gasteiger partial charge in [-0.25, -0.2) is 0 Å². The van der Waals surface area contributed by atoms with Crippen LogP contribution in [0.25, 0.3) is 11.4 Å². The van der Waals surface area contributed by atoms with Crippen molar-refractivity contribution in [2.24, 2.45) is 7.05 Å². The molecule has 5 nitrogen and oxygen atoms in total. The van der Waals surface area contributed by atoms with E-state index in [0.29, 0.717) is 0 Å². The summed E-state index contributed by atoms with van der Waals surface area (Å²) in [5.74, 6) is 1.56. The molecule has 90 valence electrons. The number of anilines is 2. The van der Waals surface area contributed by atoms with E-state index in [0.717, 1.165) is 28.6 Å². The Kier molecular flexibility index (Phi) is 2.75. The minimum Gasteiger partial charge on any atom is -0.399 e. The molecule has 17 heavy (non-hydrogen) atoms. The summed E-state index contributed by atoms with van der Waals surface area (Å²) in [5.41, 5.74) is 10.00. The number of aromatic nitrogens is 3. The Morgan fingerprint density at radius 3 is 2.53 bits per heavy atom. The molecule has 0 aliphatic rings. The van der Waals surface area contributed by atoms with Crippen molar-refractivity contribution in [3.8, 4) is 11.4 Å². The van der Waals surface area contributed by atoms with Gasteiger partial charge in [-0.2, -0.15) is 0 Å². The summed E-state index contributed by atoms with van der Waals surface area (Å²) in [5, 5.41) is 11.3. The third-order valence-electron chi connectivity index (χ3n) is 3.03. The summed E-state index contributed by atoms with van der Waals surface area (Å²) in [6.45, 7) is 4.11. The lowest BCUT2D eigenvalue weighted by Gasteiger charge is -2.10. The molecule has 0 saturated carbocycles. The molecule has 0 saturated heterocycles. The predicted molar refractivity (Wildman–Crippen MR) is 69.9 cm³/mol. The molecule has 5 heteroatoms. The zero-order chi connectivity index (χ0) is 12.6. The van der Waals surface area contributed by atoms with Crippen molar-refractivity contribution in [2.75, 3.05) is 18.1 Å². The molecule has 1 aromatic heterocycles. The number of benzene rings is 1. The van der Waals surface area contributed by atoms with E-state index in [2.05, 4.69) is 22.4 Å². The maximum Gasteiger partial charge on any atom is 0.224 e.